The van der Waals surface area contributed by atoms with E-state index in [0.717, 1.165) is 19.2 Å². The largest absolute Gasteiger partial charge is 0.333 e. The molecule has 1 aromatic rings. The third-order valence-corrected chi connectivity index (χ3v) is 3.60. The Hall–Kier alpha value is -0.550. The van der Waals surface area contributed by atoms with Crippen LogP contribution in [-0.2, 0) is 0 Å². The fourth-order valence-corrected chi connectivity index (χ4v) is 2.45. The number of piperazine rings is 1. The summed E-state index contributed by atoms with van der Waals surface area (Å²) in [6.45, 7) is 3.97. The lowest BCUT2D eigenvalue weighted by Crippen LogP contribution is -2.52. The van der Waals surface area contributed by atoms with Gasteiger partial charge >= 0.3 is 0 Å². The van der Waals surface area contributed by atoms with Gasteiger partial charge in [0.2, 0.25) is 0 Å². The smallest absolute Gasteiger partial charge is 0.255 e. The minimum Gasteiger partial charge on any atom is -0.333 e. The summed E-state index contributed by atoms with van der Waals surface area (Å²) in [6, 6.07) is 2.42. The van der Waals surface area contributed by atoms with Gasteiger partial charge in [0.25, 0.3) is 5.91 Å². The first kappa shape index (κ1) is 16.5. The van der Waals surface area contributed by atoms with Gasteiger partial charge in [-0.15, -0.1) is 12.4 Å². The molecule has 0 aliphatic carbocycles. The first-order valence-electron chi connectivity index (χ1n) is 5.67. The summed E-state index contributed by atoms with van der Waals surface area (Å²) < 4.78 is 13.4. The van der Waals surface area contributed by atoms with Gasteiger partial charge in [-0.1, -0.05) is 23.2 Å². The molecule has 19 heavy (non-hydrogen) atoms. The van der Waals surface area contributed by atoms with Gasteiger partial charge in [0.05, 0.1) is 15.6 Å². The molecule has 7 heteroatoms. The minimum atomic E-state index is -0.632. The lowest BCUT2D eigenvalue weighted by molar-refractivity contribution is 0.0655. The molecule has 106 valence electrons. The Kier molecular flexibility index (Phi) is 5.86. The van der Waals surface area contributed by atoms with Gasteiger partial charge in [0.15, 0.2) is 0 Å². The number of hydrogen-bond acceptors (Lipinski definition) is 2. The van der Waals surface area contributed by atoms with Crippen LogP contribution in [0.4, 0.5) is 4.39 Å². The van der Waals surface area contributed by atoms with Crippen molar-refractivity contribution < 1.29 is 9.18 Å². The number of nitrogens with one attached hydrogen (secondary N) is 1. The summed E-state index contributed by atoms with van der Waals surface area (Å²) in [5, 5.41) is 3.28. The Morgan fingerprint density at radius 3 is 2.74 bits per heavy atom. The van der Waals surface area contributed by atoms with Crippen molar-refractivity contribution in [1.82, 2.24) is 10.2 Å². The van der Waals surface area contributed by atoms with E-state index in [-0.39, 0.29) is 40.0 Å². The van der Waals surface area contributed by atoms with Crippen LogP contribution in [0.3, 0.4) is 0 Å². The molecule has 0 bridgehead atoms. The highest BCUT2D eigenvalue weighted by Crippen LogP contribution is 2.26. The fourth-order valence-electron chi connectivity index (χ4n) is 1.98. The van der Waals surface area contributed by atoms with Crippen molar-refractivity contribution in [3.05, 3.63) is 33.6 Å². The molecule has 0 unspecified atom stereocenters. The van der Waals surface area contributed by atoms with Gasteiger partial charge in [0, 0.05) is 25.7 Å². The normalized spacial score (nSPS) is 18.9. The lowest BCUT2D eigenvalue weighted by Gasteiger charge is -2.34. The molecule has 1 heterocycles. The number of carbonyl (C=O) groups excluding carboxylic acids is 1. The summed E-state index contributed by atoms with van der Waals surface area (Å²) in [4.78, 5) is 14.0. The number of carbonyl (C=O) groups is 1. The molecular formula is C12H14Cl3FN2O. The van der Waals surface area contributed by atoms with E-state index in [2.05, 4.69) is 5.32 Å². The van der Waals surface area contributed by atoms with Gasteiger partial charge < -0.3 is 10.2 Å². The predicted molar refractivity (Wildman–Crippen MR) is 77.0 cm³/mol. The van der Waals surface area contributed by atoms with Gasteiger partial charge in [-0.25, -0.2) is 4.39 Å². The van der Waals surface area contributed by atoms with Crippen LogP contribution in [0.2, 0.25) is 10.0 Å². The Morgan fingerprint density at radius 1 is 1.42 bits per heavy atom. The summed E-state index contributed by atoms with van der Waals surface area (Å²) in [5.74, 6) is -0.892. The second kappa shape index (κ2) is 6.75. The van der Waals surface area contributed by atoms with E-state index in [0.29, 0.717) is 6.54 Å². The highest BCUT2D eigenvalue weighted by atomic mass is 35.5. The number of halogens is 4. The van der Waals surface area contributed by atoms with E-state index in [1.54, 1.807) is 4.90 Å². The van der Waals surface area contributed by atoms with Crippen molar-refractivity contribution in [3.63, 3.8) is 0 Å². The average molecular weight is 328 g/mol. The van der Waals surface area contributed by atoms with Gasteiger partial charge in [-0.2, -0.15) is 0 Å². The molecule has 1 aromatic carbocycles. The van der Waals surface area contributed by atoms with Crippen molar-refractivity contribution in [2.45, 2.75) is 13.0 Å². The maximum Gasteiger partial charge on any atom is 0.255 e. The van der Waals surface area contributed by atoms with Crippen LogP contribution in [0.1, 0.15) is 17.3 Å². The molecule has 1 N–H and O–H groups in total. The van der Waals surface area contributed by atoms with E-state index in [1.165, 1.54) is 6.07 Å². The number of benzene rings is 1. The van der Waals surface area contributed by atoms with Gasteiger partial charge in [-0.3, -0.25) is 4.79 Å². The first-order chi connectivity index (χ1) is 8.50. The molecule has 1 aliphatic rings. The molecule has 0 spiro atoms. The monoisotopic (exact) mass is 326 g/mol. The molecule has 2 rings (SSSR count). The number of rotatable bonds is 1. The number of amides is 1. The Bertz CT molecular complexity index is 484. The number of nitrogens with zero attached hydrogens (tertiary/aromatic N) is 1. The summed E-state index contributed by atoms with van der Waals surface area (Å²) in [7, 11) is 0. The molecule has 1 atom stereocenters. The van der Waals surface area contributed by atoms with Crippen molar-refractivity contribution in [2.24, 2.45) is 0 Å². The molecule has 0 radical (unpaired) electrons. The first-order valence-corrected chi connectivity index (χ1v) is 6.42. The SMILES string of the molecule is C[C@H]1CNCCN1C(=O)c1cc(F)c(Cl)cc1Cl.Cl. The summed E-state index contributed by atoms with van der Waals surface area (Å²) in [5.41, 5.74) is 0.160. The van der Waals surface area contributed by atoms with E-state index >= 15 is 0 Å². The van der Waals surface area contributed by atoms with Crippen molar-refractivity contribution >= 4 is 41.5 Å². The molecular weight excluding hydrogens is 314 g/mol. The van der Waals surface area contributed by atoms with Crippen LogP contribution in [0.15, 0.2) is 12.1 Å². The van der Waals surface area contributed by atoms with E-state index in [1.807, 2.05) is 6.92 Å². The fraction of sp³-hybridized carbons (Fsp3) is 0.417. The van der Waals surface area contributed by atoms with E-state index in [9.17, 15) is 9.18 Å². The molecule has 0 saturated carbocycles. The Balaban J connectivity index is 0.00000180. The van der Waals surface area contributed by atoms with Gasteiger partial charge in [0.1, 0.15) is 5.82 Å². The molecule has 1 fully saturated rings. The maximum atomic E-state index is 13.4. The highest BCUT2D eigenvalue weighted by Gasteiger charge is 2.26. The average Bonchev–Trinajstić information content (AvgIpc) is 2.33. The maximum absolute atomic E-state index is 13.4. The topological polar surface area (TPSA) is 32.3 Å². The van der Waals surface area contributed by atoms with Crippen molar-refractivity contribution in [1.29, 1.82) is 0 Å². The zero-order valence-electron chi connectivity index (χ0n) is 10.3. The van der Waals surface area contributed by atoms with Crippen LogP contribution < -0.4 is 5.32 Å². The zero-order chi connectivity index (χ0) is 13.3. The molecule has 1 saturated heterocycles. The number of hydrogen-bond donors (Lipinski definition) is 1. The molecule has 1 aliphatic heterocycles. The summed E-state index contributed by atoms with van der Waals surface area (Å²) in [6.07, 6.45) is 0. The van der Waals surface area contributed by atoms with Crippen LogP contribution in [0.25, 0.3) is 0 Å². The van der Waals surface area contributed by atoms with Crippen molar-refractivity contribution in [3.8, 4) is 0 Å². The van der Waals surface area contributed by atoms with Crippen LogP contribution >= 0.6 is 35.6 Å². The Morgan fingerprint density at radius 2 is 2.11 bits per heavy atom. The summed E-state index contributed by atoms with van der Waals surface area (Å²) >= 11 is 11.6. The van der Waals surface area contributed by atoms with E-state index < -0.39 is 5.82 Å². The highest BCUT2D eigenvalue weighted by molar-refractivity contribution is 6.36. The molecule has 3 nitrogen and oxygen atoms in total. The third kappa shape index (κ3) is 3.51. The third-order valence-electron chi connectivity index (χ3n) is 3.00. The van der Waals surface area contributed by atoms with E-state index in [4.69, 9.17) is 23.2 Å². The van der Waals surface area contributed by atoms with Gasteiger partial charge in [-0.05, 0) is 19.1 Å². The van der Waals surface area contributed by atoms with Crippen LogP contribution in [-0.4, -0.2) is 36.5 Å². The Labute approximate surface area is 127 Å². The molecule has 0 aromatic heterocycles. The van der Waals surface area contributed by atoms with Crippen molar-refractivity contribution in [2.75, 3.05) is 19.6 Å². The standard InChI is InChI=1S/C12H13Cl2FN2O.ClH/c1-7-6-16-2-3-17(7)12(18)8-4-11(15)10(14)5-9(8)13;/h4-5,7,16H,2-3,6H2,1H3;1H/t7-;/m0./s1. The van der Waals surface area contributed by atoms with Crippen LogP contribution in [0, 0.1) is 5.82 Å². The zero-order valence-corrected chi connectivity index (χ0v) is 12.6. The quantitative estimate of drug-likeness (QED) is 0.804. The minimum absolute atomic E-state index is 0. The van der Waals surface area contributed by atoms with Crippen LogP contribution in [0.5, 0.6) is 0 Å². The predicted octanol–water partition coefficient (Wildman–Crippen LogP) is 2.99. The molecule has 1 amide bonds. The lowest BCUT2D eigenvalue weighted by atomic mass is 10.1. The second-order valence-corrected chi connectivity index (χ2v) is 5.11. The second-order valence-electron chi connectivity index (χ2n) is 4.30.